The van der Waals surface area contributed by atoms with Crippen molar-refractivity contribution in [2.45, 2.75) is 25.0 Å². The molecule has 1 fully saturated rings. The van der Waals surface area contributed by atoms with Gasteiger partial charge >= 0.3 is 0 Å². The van der Waals surface area contributed by atoms with Crippen molar-refractivity contribution in [1.29, 1.82) is 0 Å². The minimum absolute atomic E-state index is 0.194. The van der Waals surface area contributed by atoms with Gasteiger partial charge in [-0.15, -0.1) is 0 Å². The zero-order valence-corrected chi connectivity index (χ0v) is 7.48. The van der Waals surface area contributed by atoms with Crippen LogP contribution in [0.2, 0.25) is 0 Å². The number of nitrogens with one attached hydrogen (secondary N) is 1. The van der Waals surface area contributed by atoms with E-state index in [4.69, 9.17) is 0 Å². The molecule has 2 N–H and O–H groups in total. The fourth-order valence-electron chi connectivity index (χ4n) is 1.73. The van der Waals surface area contributed by atoms with Gasteiger partial charge in [-0.3, -0.25) is 4.98 Å². The summed E-state index contributed by atoms with van der Waals surface area (Å²) in [5.41, 5.74) is 1.18. The van der Waals surface area contributed by atoms with E-state index < -0.39 is 0 Å². The van der Waals surface area contributed by atoms with Crippen LogP contribution in [0, 0.1) is 0 Å². The summed E-state index contributed by atoms with van der Waals surface area (Å²) in [7, 11) is 0. The van der Waals surface area contributed by atoms with Gasteiger partial charge in [0.2, 0.25) is 0 Å². The Morgan fingerprint density at radius 3 is 3.15 bits per heavy atom. The molecule has 1 aromatic rings. The quantitative estimate of drug-likeness (QED) is 0.686. The van der Waals surface area contributed by atoms with E-state index in [9.17, 15) is 5.11 Å². The Labute approximate surface area is 77.8 Å². The minimum Gasteiger partial charge on any atom is -0.391 e. The predicted octanol–water partition coefficient (Wildman–Crippen LogP) is 0.347. The molecule has 1 aliphatic heterocycles. The SMILES string of the molecule is OC1CCNC1Cc1cccnc1. The summed E-state index contributed by atoms with van der Waals surface area (Å²) in [5.74, 6) is 0. The van der Waals surface area contributed by atoms with Crippen molar-refractivity contribution in [2.75, 3.05) is 6.54 Å². The number of hydrogen-bond acceptors (Lipinski definition) is 3. The number of aliphatic hydroxyl groups is 1. The van der Waals surface area contributed by atoms with Crippen LogP contribution in [-0.4, -0.2) is 28.8 Å². The second kappa shape index (κ2) is 3.85. The maximum absolute atomic E-state index is 9.57. The van der Waals surface area contributed by atoms with E-state index in [2.05, 4.69) is 10.3 Å². The summed E-state index contributed by atoms with van der Waals surface area (Å²) in [4.78, 5) is 4.04. The summed E-state index contributed by atoms with van der Waals surface area (Å²) >= 11 is 0. The first kappa shape index (κ1) is 8.66. The molecule has 1 saturated heterocycles. The zero-order valence-electron chi connectivity index (χ0n) is 7.48. The van der Waals surface area contributed by atoms with Crippen molar-refractivity contribution in [2.24, 2.45) is 0 Å². The molecule has 2 rings (SSSR count). The van der Waals surface area contributed by atoms with Crippen LogP contribution in [0.25, 0.3) is 0 Å². The molecule has 0 saturated carbocycles. The van der Waals surface area contributed by atoms with Gasteiger partial charge < -0.3 is 10.4 Å². The fraction of sp³-hybridized carbons (Fsp3) is 0.500. The first-order chi connectivity index (χ1) is 6.36. The monoisotopic (exact) mass is 178 g/mol. The largest absolute Gasteiger partial charge is 0.391 e. The van der Waals surface area contributed by atoms with Crippen LogP contribution in [-0.2, 0) is 6.42 Å². The molecule has 0 amide bonds. The van der Waals surface area contributed by atoms with Gasteiger partial charge in [-0.1, -0.05) is 6.07 Å². The van der Waals surface area contributed by atoms with Crippen LogP contribution in [0.15, 0.2) is 24.5 Å². The lowest BCUT2D eigenvalue weighted by Crippen LogP contribution is -2.32. The second-order valence-electron chi connectivity index (χ2n) is 3.48. The van der Waals surface area contributed by atoms with Crippen molar-refractivity contribution in [1.82, 2.24) is 10.3 Å². The third-order valence-electron chi connectivity index (χ3n) is 2.49. The van der Waals surface area contributed by atoms with Crippen LogP contribution < -0.4 is 5.32 Å². The molecule has 1 aromatic heterocycles. The highest BCUT2D eigenvalue weighted by molar-refractivity contribution is 5.11. The second-order valence-corrected chi connectivity index (χ2v) is 3.48. The fourth-order valence-corrected chi connectivity index (χ4v) is 1.73. The predicted molar refractivity (Wildman–Crippen MR) is 50.4 cm³/mol. The van der Waals surface area contributed by atoms with E-state index in [1.54, 1.807) is 6.20 Å². The van der Waals surface area contributed by atoms with Gasteiger partial charge in [0.1, 0.15) is 0 Å². The summed E-state index contributed by atoms with van der Waals surface area (Å²) < 4.78 is 0. The molecule has 0 aliphatic carbocycles. The molecule has 3 heteroatoms. The molecular formula is C10H14N2O. The average Bonchev–Trinajstić information content (AvgIpc) is 2.54. The summed E-state index contributed by atoms with van der Waals surface area (Å²) in [5, 5.41) is 12.8. The average molecular weight is 178 g/mol. The van der Waals surface area contributed by atoms with Crippen molar-refractivity contribution in [3.8, 4) is 0 Å². The van der Waals surface area contributed by atoms with Crippen molar-refractivity contribution < 1.29 is 5.11 Å². The highest BCUT2D eigenvalue weighted by Gasteiger charge is 2.24. The van der Waals surface area contributed by atoms with Crippen molar-refractivity contribution >= 4 is 0 Å². The van der Waals surface area contributed by atoms with E-state index in [-0.39, 0.29) is 12.1 Å². The Balaban J connectivity index is 1.98. The molecule has 1 aliphatic rings. The van der Waals surface area contributed by atoms with E-state index in [1.807, 2.05) is 18.3 Å². The Morgan fingerprint density at radius 1 is 1.62 bits per heavy atom. The van der Waals surface area contributed by atoms with Gasteiger partial charge in [-0.2, -0.15) is 0 Å². The summed E-state index contributed by atoms with van der Waals surface area (Å²) in [6.45, 7) is 0.923. The standard InChI is InChI=1S/C10H14N2O/c13-10-3-5-12-9(10)6-8-2-1-4-11-7-8/h1-2,4,7,9-10,12-13H,3,5-6H2. The zero-order chi connectivity index (χ0) is 9.10. The topological polar surface area (TPSA) is 45.1 Å². The van der Waals surface area contributed by atoms with E-state index in [1.165, 1.54) is 5.56 Å². The molecule has 3 nitrogen and oxygen atoms in total. The maximum atomic E-state index is 9.57. The molecule has 13 heavy (non-hydrogen) atoms. The molecule has 2 unspecified atom stereocenters. The number of nitrogens with zero attached hydrogens (tertiary/aromatic N) is 1. The maximum Gasteiger partial charge on any atom is 0.0708 e. The highest BCUT2D eigenvalue weighted by Crippen LogP contribution is 2.11. The molecule has 70 valence electrons. The number of aliphatic hydroxyl groups excluding tert-OH is 1. The smallest absolute Gasteiger partial charge is 0.0708 e. The van der Waals surface area contributed by atoms with Crippen LogP contribution >= 0.6 is 0 Å². The van der Waals surface area contributed by atoms with Crippen LogP contribution in [0.4, 0.5) is 0 Å². The van der Waals surface area contributed by atoms with E-state index in [0.29, 0.717) is 0 Å². The highest BCUT2D eigenvalue weighted by atomic mass is 16.3. The Hall–Kier alpha value is -0.930. The molecular weight excluding hydrogens is 164 g/mol. The number of pyridine rings is 1. The van der Waals surface area contributed by atoms with E-state index >= 15 is 0 Å². The van der Waals surface area contributed by atoms with Gasteiger partial charge in [-0.25, -0.2) is 0 Å². The van der Waals surface area contributed by atoms with Gasteiger partial charge in [0.15, 0.2) is 0 Å². The molecule has 2 atom stereocenters. The lowest BCUT2D eigenvalue weighted by Gasteiger charge is -2.13. The molecule has 0 aromatic carbocycles. The van der Waals surface area contributed by atoms with Gasteiger partial charge in [0.05, 0.1) is 6.10 Å². The number of aromatic nitrogens is 1. The normalized spacial score (nSPS) is 27.8. The van der Waals surface area contributed by atoms with Crippen LogP contribution in [0.5, 0.6) is 0 Å². The summed E-state index contributed by atoms with van der Waals surface area (Å²) in [6, 6.07) is 4.18. The Bertz CT molecular complexity index is 263. The first-order valence-electron chi connectivity index (χ1n) is 4.66. The molecule has 0 bridgehead atoms. The van der Waals surface area contributed by atoms with Crippen LogP contribution in [0.1, 0.15) is 12.0 Å². The van der Waals surface area contributed by atoms with Crippen molar-refractivity contribution in [3.63, 3.8) is 0 Å². The summed E-state index contributed by atoms with van der Waals surface area (Å²) in [6.07, 6.45) is 5.16. The Kier molecular flexibility index (Phi) is 2.57. The van der Waals surface area contributed by atoms with Crippen LogP contribution in [0.3, 0.4) is 0 Å². The number of rotatable bonds is 2. The van der Waals surface area contributed by atoms with Gasteiger partial charge in [0, 0.05) is 18.4 Å². The van der Waals surface area contributed by atoms with Gasteiger partial charge in [-0.05, 0) is 31.0 Å². The molecule has 0 spiro atoms. The molecule has 0 radical (unpaired) electrons. The van der Waals surface area contributed by atoms with Crippen molar-refractivity contribution in [3.05, 3.63) is 30.1 Å². The third-order valence-corrected chi connectivity index (χ3v) is 2.49. The first-order valence-corrected chi connectivity index (χ1v) is 4.66. The van der Waals surface area contributed by atoms with Gasteiger partial charge in [0.25, 0.3) is 0 Å². The minimum atomic E-state index is -0.194. The molecule has 2 heterocycles. The Morgan fingerprint density at radius 2 is 2.54 bits per heavy atom. The third kappa shape index (κ3) is 2.05. The lowest BCUT2D eigenvalue weighted by atomic mass is 10.0. The number of hydrogen-bond donors (Lipinski definition) is 2. The van der Waals surface area contributed by atoms with E-state index in [0.717, 1.165) is 19.4 Å². The lowest BCUT2D eigenvalue weighted by molar-refractivity contribution is 0.159.